The second kappa shape index (κ2) is 7.03. The summed E-state index contributed by atoms with van der Waals surface area (Å²) in [5.41, 5.74) is 3.88. The fraction of sp³-hybridized carbons (Fsp3) is 0.118. The zero-order valence-electron chi connectivity index (χ0n) is 13.1. The van der Waals surface area contributed by atoms with Gasteiger partial charge in [0.25, 0.3) is 0 Å². The van der Waals surface area contributed by atoms with Gasteiger partial charge in [-0.05, 0) is 49.2 Å². The van der Waals surface area contributed by atoms with Crippen LogP contribution >= 0.6 is 23.2 Å². The Morgan fingerprint density at radius 1 is 0.958 bits per heavy atom. The molecule has 3 rings (SSSR count). The summed E-state index contributed by atoms with van der Waals surface area (Å²) in [5.74, 6) is 0.907. The van der Waals surface area contributed by atoms with Gasteiger partial charge in [0.15, 0.2) is 5.82 Å². The van der Waals surface area contributed by atoms with Crippen molar-refractivity contribution in [3.8, 4) is 0 Å². The highest BCUT2D eigenvalue weighted by atomic mass is 35.5. The van der Waals surface area contributed by atoms with Crippen LogP contribution in [-0.4, -0.2) is 15.2 Å². The van der Waals surface area contributed by atoms with E-state index >= 15 is 0 Å². The average molecular weight is 360 g/mol. The first kappa shape index (κ1) is 16.5. The summed E-state index contributed by atoms with van der Waals surface area (Å²) >= 11 is 12.2. The molecule has 0 unspecified atom stereocenters. The Bertz CT molecular complexity index is 862. The minimum atomic E-state index is 0.392. The second-order valence-electron chi connectivity index (χ2n) is 5.39. The highest BCUT2D eigenvalue weighted by Crippen LogP contribution is 2.31. The van der Waals surface area contributed by atoms with Crippen molar-refractivity contribution in [1.29, 1.82) is 0 Å². The quantitative estimate of drug-likeness (QED) is 0.663. The number of anilines is 4. The summed E-state index contributed by atoms with van der Waals surface area (Å²) in [6.45, 7) is 4.08. The molecule has 2 N–H and O–H groups in total. The van der Waals surface area contributed by atoms with E-state index in [0.29, 0.717) is 27.5 Å². The van der Waals surface area contributed by atoms with Gasteiger partial charge in [0, 0.05) is 5.69 Å². The lowest BCUT2D eigenvalue weighted by molar-refractivity contribution is 0.982. The van der Waals surface area contributed by atoms with Crippen LogP contribution in [0.1, 0.15) is 11.1 Å². The Kier molecular flexibility index (Phi) is 4.83. The zero-order valence-corrected chi connectivity index (χ0v) is 14.7. The molecule has 0 saturated heterocycles. The van der Waals surface area contributed by atoms with Crippen LogP contribution in [0.4, 0.5) is 23.1 Å². The molecule has 122 valence electrons. The molecule has 7 heteroatoms. The summed E-state index contributed by atoms with van der Waals surface area (Å²) < 4.78 is 0. The van der Waals surface area contributed by atoms with Gasteiger partial charge in [-0.3, -0.25) is 0 Å². The molecule has 0 spiro atoms. The van der Waals surface area contributed by atoms with Crippen LogP contribution in [-0.2, 0) is 0 Å². The van der Waals surface area contributed by atoms with Crippen LogP contribution in [0, 0.1) is 13.8 Å². The molecule has 3 aromatic rings. The Balaban J connectivity index is 1.82. The van der Waals surface area contributed by atoms with Crippen LogP contribution < -0.4 is 10.6 Å². The van der Waals surface area contributed by atoms with Gasteiger partial charge in [-0.15, -0.1) is 5.10 Å². The molecule has 0 fully saturated rings. The first-order valence-electron chi connectivity index (χ1n) is 7.27. The molecule has 1 aromatic heterocycles. The maximum Gasteiger partial charge on any atom is 0.249 e. The first-order valence-corrected chi connectivity index (χ1v) is 8.03. The van der Waals surface area contributed by atoms with Crippen LogP contribution in [0.15, 0.2) is 42.6 Å². The van der Waals surface area contributed by atoms with E-state index in [1.165, 1.54) is 6.20 Å². The lowest BCUT2D eigenvalue weighted by Crippen LogP contribution is -2.03. The fourth-order valence-electron chi connectivity index (χ4n) is 2.33. The molecule has 2 aromatic carbocycles. The van der Waals surface area contributed by atoms with Crippen LogP contribution in [0.25, 0.3) is 0 Å². The van der Waals surface area contributed by atoms with Gasteiger partial charge in [0.2, 0.25) is 5.95 Å². The monoisotopic (exact) mass is 359 g/mol. The molecule has 1 heterocycles. The number of nitrogens with zero attached hydrogens (tertiary/aromatic N) is 3. The van der Waals surface area contributed by atoms with E-state index in [1.54, 1.807) is 12.1 Å². The molecule has 0 aliphatic carbocycles. The Morgan fingerprint density at radius 3 is 2.46 bits per heavy atom. The minimum absolute atomic E-state index is 0.392. The van der Waals surface area contributed by atoms with Crippen molar-refractivity contribution in [2.24, 2.45) is 0 Å². The molecule has 0 bridgehead atoms. The Labute approximate surface area is 150 Å². The molecular formula is C17H15Cl2N5. The molecule has 24 heavy (non-hydrogen) atoms. The van der Waals surface area contributed by atoms with E-state index < -0.39 is 0 Å². The summed E-state index contributed by atoms with van der Waals surface area (Å²) in [6.07, 6.45) is 1.52. The van der Waals surface area contributed by atoms with Gasteiger partial charge in [-0.1, -0.05) is 35.3 Å². The SMILES string of the molecule is Cc1cc(C)cc(Nc2nncc(Nc3cccc(Cl)c3Cl)n2)c1. The Morgan fingerprint density at radius 2 is 1.71 bits per heavy atom. The third-order valence-corrected chi connectivity index (χ3v) is 4.07. The third kappa shape index (κ3) is 3.93. The van der Waals surface area contributed by atoms with Crippen molar-refractivity contribution in [2.75, 3.05) is 10.6 Å². The molecule has 0 aliphatic heterocycles. The van der Waals surface area contributed by atoms with Gasteiger partial charge in [0.05, 0.1) is 21.9 Å². The molecule has 0 saturated carbocycles. The lowest BCUT2D eigenvalue weighted by atomic mass is 10.1. The van der Waals surface area contributed by atoms with Crippen LogP contribution in [0.2, 0.25) is 10.0 Å². The summed E-state index contributed by atoms with van der Waals surface area (Å²) in [5, 5.41) is 15.1. The molecule has 5 nitrogen and oxygen atoms in total. The molecule has 0 aliphatic rings. The van der Waals surface area contributed by atoms with Crippen LogP contribution in [0.5, 0.6) is 0 Å². The summed E-state index contributed by atoms with van der Waals surface area (Å²) in [7, 11) is 0. The number of rotatable bonds is 4. The molecule has 0 amide bonds. The number of hydrogen-bond donors (Lipinski definition) is 2. The smallest absolute Gasteiger partial charge is 0.249 e. The topological polar surface area (TPSA) is 62.7 Å². The summed E-state index contributed by atoms with van der Waals surface area (Å²) in [4.78, 5) is 4.40. The number of aromatic nitrogens is 3. The van der Waals surface area contributed by atoms with Crippen molar-refractivity contribution in [3.63, 3.8) is 0 Å². The molecular weight excluding hydrogens is 345 g/mol. The normalized spacial score (nSPS) is 10.5. The number of nitrogens with one attached hydrogen (secondary N) is 2. The van der Waals surface area contributed by atoms with E-state index in [2.05, 4.69) is 31.9 Å². The van der Waals surface area contributed by atoms with E-state index in [0.717, 1.165) is 16.8 Å². The van der Waals surface area contributed by atoms with Gasteiger partial charge >= 0.3 is 0 Å². The van der Waals surface area contributed by atoms with Gasteiger partial charge in [-0.2, -0.15) is 10.1 Å². The van der Waals surface area contributed by atoms with Gasteiger partial charge < -0.3 is 10.6 Å². The predicted octanol–water partition coefficient (Wildman–Crippen LogP) is 5.28. The minimum Gasteiger partial charge on any atom is -0.338 e. The summed E-state index contributed by atoms with van der Waals surface area (Å²) in [6, 6.07) is 11.5. The maximum absolute atomic E-state index is 6.17. The van der Waals surface area contributed by atoms with Gasteiger partial charge in [0.1, 0.15) is 0 Å². The Hall–Kier alpha value is -2.37. The van der Waals surface area contributed by atoms with Crippen molar-refractivity contribution in [2.45, 2.75) is 13.8 Å². The molecule has 0 atom stereocenters. The standard InChI is InChI=1S/C17H15Cl2N5/c1-10-6-11(2)8-12(7-10)21-17-23-15(9-20-24-17)22-14-5-3-4-13(18)16(14)19/h3-9H,1-2H3,(H2,21,22,23,24). The first-order chi connectivity index (χ1) is 11.5. The number of aryl methyl sites for hydroxylation is 2. The number of halogens is 2. The third-order valence-electron chi connectivity index (χ3n) is 3.25. The average Bonchev–Trinajstić information content (AvgIpc) is 2.51. The fourth-order valence-corrected chi connectivity index (χ4v) is 2.68. The van der Waals surface area contributed by atoms with Crippen molar-refractivity contribution < 1.29 is 0 Å². The van der Waals surface area contributed by atoms with E-state index in [-0.39, 0.29) is 0 Å². The van der Waals surface area contributed by atoms with E-state index in [4.69, 9.17) is 23.2 Å². The number of benzene rings is 2. The zero-order chi connectivity index (χ0) is 17.1. The van der Waals surface area contributed by atoms with Crippen LogP contribution in [0.3, 0.4) is 0 Å². The number of hydrogen-bond acceptors (Lipinski definition) is 5. The largest absolute Gasteiger partial charge is 0.338 e. The molecule has 0 radical (unpaired) electrons. The van der Waals surface area contributed by atoms with E-state index in [1.807, 2.05) is 32.0 Å². The second-order valence-corrected chi connectivity index (χ2v) is 6.18. The highest BCUT2D eigenvalue weighted by Gasteiger charge is 2.07. The van der Waals surface area contributed by atoms with Crippen molar-refractivity contribution in [3.05, 3.63) is 63.8 Å². The van der Waals surface area contributed by atoms with E-state index in [9.17, 15) is 0 Å². The predicted molar refractivity (Wildman–Crippen MR) is 98.8 cm³/mol. The maximum atomic E-state index is 6.17. The van der Waals surface area contributed by atoms with Gasteiger partial charge in [-0.25, -0.2) is 0 Å². The van der Waals surface area contributed by atoms with Crippen molar-refractivity contribution in [1.82, 2.24) is 15.2 Å². The van der Waals surface area contributed by atoms with Crippen molar-refractivity contribution >= 4 is 46.3 Å². The lowest BCUT2D eigenvalue weighted by Gasteiger charge is -2.10. The highest BCUT2D eigenvalue weighted by molar-refractivity contribution is 6.43.